The van der Waals surface area contributed by atoms with Crippen LogP contribution in [0.15, 0.2) is 48.8 Å². The van der Waals surface area contributed by atoms with Gasteiger partial charge in [0.2, 0.25) is 0 Å². The van der Waals surface area contributed by atoms with Crippen molar-refractivity contribution < 1.29 is 19.1 Å². The third-order valence-corrected chi connectivity index (χ3v) is 5.62. The molecule has 3 heterocycles. The van der Waals surface area contributed by atoms with E-state index in [4.69, 9.17) is 9.47 Å². The lowest BCUT2D eigenvalue weighted by molar-refractivity contribution is 0.0473. The Bertz CT molecular complexity index is 1170. The summed E-state index contributed by atoms with van der Waals surface area (Å²) in [6.07, 6.45) is 4.94. The zero-order chi connectivity index (χ0) is 24.3. The van der Waals surface area contributed by atoms with Gasteiger partial charge in [-0.1, -0.05) is 12.1 Å². The second kappa shape index (κ2) is 9.75. The first-order valence-electron chi connectivity index (χ1n) is 11.6. The summed E-state index contributed by atoms with van der Waals surface area (Å²) in [6.45, 7) is 9.02. The van der Waals surface area contributed by atoms with Gasteiger partial charge in [0, 0.05) is 37.1 Å². The van der Waals surface area contributed by atoms with E-state index >= 15 is 0 Å². The molecule has 8 heteroatoms. The minimum absolute atomic E-state index is 0.00258. The zero-order valence-electron chi connectivity index (χ0n) is 20.2. The molecule has 4 rings (SSSR count). The van der Waals surface area contributed by atoms with Gasteiger partial charge in [-0.15, -0.1) is 0 Å². The molecule has 0 aliphatic carbocycles. The van der Waals surface area contributed by atoms with Crippen molar-refractivity contribution in [3.05, 3.63) is 65.6 Å². The molecule has 1 aromatic carbocycles. The highest BCUT2D eigenvalue weighted by atomic mass is 16.6. The summed E-state index contributed by atoms with van der Waals surface area (Å²) < 4.78 is 13.2. The van der Waals surface area contributed by atoms with E-state index in [1.165, 1.54) is 0 Å². The maximum absolute atomic E-state index is 13.0. The summed E-state index contributed by atoms with van der Waals surface area (Å²) in [4.78, 5) is 31.4. The third-order valence-electron chi connectivity index (χ3n) is 5.62. The summed E-state index contributed by atoms with van der Waals surface area (Å²) in [6, 6.07) is 11.2. The molecule has 34 heavy (non-hydrogen) atoms. The monoisotopic (exact) mass is 464 g/mol. The number of benzene rings is 1. The van der Waals surface area contributed by atoms with Gasteiger partial charge in [0.15, 0.2) is 0 Å². The number of aromatic nitrogens is 2. The van der Waals surface area contributed by atoms with E-state index in [1.807, 2.05) is 73.7 Å². The average Bonchev–Trinajstić information content (AvgIpc) is 3.18. The largest absolute Gasteiger partial charge is 0.487 e. The second-order valence-corrected chi connectivity index (χ2v) is 9.73. The summed E-state index contributed by atoms with van der Waals surface area (Å²) in [7, 11) is 0. The molecule has 3 aromatic rings. The van der Waals surface area contributed by atoms with Gasteiger partial charge in [0.1, 0.15) is 23.6 Å². The molecule has 1 saturated heterocycles. The highest BCUT2D eigenvalue weighted by Crippen LogP contribution is 2.20. The minimum atomic E-state index is -0.530. The van der Waals surface area contributed by atoms with Crippen LogP contribution in [0.5, 0.6) is 5.75 Å². The van der Waals surface area contributed by atoms with Crippen LogP contribution in [0.1, 0.15) is 55.2 Å². The number of hydrogen-bond acceptors (Lipinski definition) is 5. The Hall–Kier alpha value is -3.55. The summed E-state index contributed by atoms with van der Waals surface area (Å²) >= 11 is 0. The molecule has 0 spiro atoms. The topological polar surface area (TPSA) is 85.2 Å². The van der Waals surface area contributed by atoms with Crippen LogP contribution in [0.2, 0.25) is 0 Å². The Morgan fingerprint density at radius 1 is 1.12 bits per heavy atom. The van der Waals surface area contributed by atoms with E-state index in [9.17, 15) is 9.59 Å². The number of pyridine rings is 1. The fourth-order valence-corrected chi connectivity index (χ4v) is 3.99. The van der Waals surface area contributed by atoms with Crippen molar-refractivity contribution in [2.24, 2.45) is 0 Å². The Morgan fingerprint density at radius 2 is 1.88 bits per heavy atom. The molecule has 0 saturated carbocycles. The van der Waals surface area contributed by atoms with Crippen LogP contribution in [0, 0.1) is 6.92 Å². The SMILES string of the molecule is Cc1ccc2nc(COc3cccc(C(=O)N4CCC(NC(=O)OC(C)(C)C)CC4)c3)cn2c1. The standard InChI is InChI=1S/C26H32N4O4/c1-18-8-9-23-27-21(16-30(23)15-18)17-33-22-7-5-6-19(14-22)24(31)29-12-10-20(11-13-29)28-25(32)34-26(2,3)4/h5-9,14-16,20H,10-13,17H2,1-4H3,(H,28,32). The second-order valence-electron chi connectivity index (χ2n) is 9.73. The maximum atomic E-state index is 13.0. The Labute approximate surface area is 199 Å². The minimum Gasteiger partial charge on any atom is -0.487 e. The number of nitrogens with one attached hydrogen (secondary N) is 1. The Morgan fingerprint density at radius 3 is 2.62 bits per heavy atom. The molecule has 0 atom stereocenters. The average molecular weight is 465 g/mol. The molecule has 0 unspecified atom stereocenters. The van der Waals surface area contributed by atoms with Crippen LogP contribution >= 0.6 is 0 Å². The lowest BCUT2D eigenvalue weighted by atomic mass is 10.0. The summed E-state index contributed by atoms with van der Waals surface area (Å²) in [5, 5.41) is 2.90. The maximum Gasteiger partial charge on any atom is 0.407 e. The van der Waals surface area contributed by atoms with Gasteiger partial charge in [-0.05, 0) is 70.4 Å². The number of amides is 2. The van der Waals surface area contributed by atoms with Crippen LogP contribution in [-0.4, -0.2) is 51.0 Å². The Balaban J connectivity index is 1.31. The van der Waals surface area contributed by atoms with Gasteiger partial charge in [-0.3, -0.25) is 4.79 Å². The number of hydrogen-bond donors (Lipinski definition) is 1. The first-order valence-corrected chi connectivity index (χ1v) is 11.6. The molecule has 8 nitrogen and oxygen atoms in total. The predicted molar refractivity (Wildman–Crippen MR) is 129 cm³/mol. The molecular formula is C26H32N4O4. The van der Waals surface area contributed by atoms with Gasteiger partial charge in [-0.25, -0.2) is 9.78 Å². The molecule has 1 aliphatic heterocycles. The van der Waals surface area contributed by atoms with Gasteiger partial charge in [-0.2, -0.15) is 0 Å². The fourth-order valence-electron chi connectivity index (χ4n) is 3.99. The molecule has 1 aliphatic rings. The van der Waals surface area contributed by atoms with E-state index in [2.05, 4.69) is 10.3 Å². The highest BCUT2D eigenvalue weighted by molar-refractivity contribution is 5.94. The molecule has 2 aromatic heterocycles. The first kappa shape index (κ1) is 23.6. The number of alkyl carbamates (subject to hydrolysis) is 1. The molecular weight excluding hydrogens is 432 g/mol. The van der Waals surface area contributed by atoms with Crippen molar-refractivity contribution in [1.82, 2.24) is 19.6 Å². The molecule has 180 valence electrons. The number of rotatable bonds is 5. The van der Waals surface area contributed by atoms with Gasteiger partial charge in [0.25, 0.3) is 5.91 Å². The normalized spacial score (nSPS) is 14.8. The predicted octanol–water partition coefficient (Wildman–Crippen LogP) is 4.35. The van der Waals surface area contributed by atoms with Gasteiger partial charge < -0.3 is 24.1 Å². The fraction of sp³-hybridized carbons (Fsp3) is 0.423. The van der Waals surface area contributed by atoms with Crippen molar-refractivity contribution in [3.63, 3.8) is 0 Å². The smallest absolute Gasteiger partial charge is 0.407 e. The number of carbonyl (C=O) groups excluding carboxylic acids is 2. The lowest BCUT2D eigenvalue weighted by Gasteiger charge is -2.33. The molecule has 1 N–H and O–H groups in total. The molecule has 2 amide bonds. The van der Waals surface area contributed by atoms with E-state index in [0.717, 1.165) is 16.9 Å². The highest BCUT2D eigenvalue weighted by Gasteiger charge is 2.26. The van der Waals surface area contributed by atoms with E-state index < -0.39 is 11.7 Å². The number of likely N-dealkylation sites (tertiary alicyclic amines) is 1. The molecule has 1 fully saturated rings. The number of carbonyl (C=O) groups is 2. The van der Waals surface area contributed by atoms with Crippen LogP contribution in [0.3, 0.4) is 0 Å². The van der Waals surface area contributed by atoms with Crippen LogP contribution in [-0.2, 0) is 11.3 Å². The zero-order valence-corrected chi connectivity index (χ0v) is 20.2. The number of fused-ring (bicyclic) bond motifs is 1. The van der Waals surface area contributed by atoms with Crippen LogP contribution in [0.4, 0.5) is 4.79 Å². The number of imidazole rings is 1. The number of aryl methyl sites for hydroxylation is 1. The van der Waals surface area contributed by atoms with Crippen molar-refractivity contribution in [1.29, 1.82) is 0 Å². The van der Waals surface area contributed by atoms with Crippen molar-refractivity contribution in [2.45, 2.75) is 58.8 Å². The van der Waals surface area contributed by atoms with E-state index in [1.54, 1.807) is 12.1 Å². The van der Waals surface area contributed by atoms with Crippen LogP contribution in [0.25, 0.3) is 5.65 Å². The molecule has 0 radical (unpaired) electrons. The summed E-state index contributed by atoms with van der Waals surface area (Å²) in [5.41, 5.74) is 2.91. The number of ether oxygens (including phenoxy) is 2. The van der Waals surface area contributed by atoms with Gasteiger partial charge >= 0.3 is 6.09 Å². The van der Waals surface area contributed by atoms with E-state index in [-0.39, 0.29) is 11.9 Å². The van der Waals surface area contributed by atoms with Crippen molar-refractivity contribution >= 4 is 17.6 Å². The van der Waals surface area contributed by atoms with Gasteiger partial charge in [0.05, 0.1) is 5.69 Å². The third kappa shape index (κ3) is 6.07. The first-order chi connectivity index (χ1) is 16.2. The van der Waals surface area contributed by atoms with Crippen molar-refractivity contribution in [3.8, 4) is 5.75 Å². The lowest BCUT2D eigenvalue weighted by Crippen LogP contribution is -2.47. The van der Waals surface area contributed by atoms with Crippen LogP contribution < -0.4 is 10.1 Å². The Kier molecular flexibility index (Phi) is 6.77. The number of nitrogens with zero attached hydrogens (tertiary/aromatic N) is 3. The van der Waals surface area contributed by atoms with Crippen molar-refractivity contribution in [2.75, 3.05) is 13.1 Å². The van der Waals surface area contributed by atoms with E-state index in [0.29, 0.717) is 43.9 Å². The molecule has 0 bridgehead atoms. The summed E-state index contributed by atoms with van der Waals surface area (Å²) in [5.74, 6) is 0.588. The number of piperidine rings is 1. The quantitative estimate of drug-likeness (QED) is 0.607.